The quantitative estimate of drug-likeness (QED) is 0.781. The number of hydrogen-bond acceptors (Lipinski definition) is 4. The third kappa shape index (κ3) is 3.75. The van der Waals surface area contributed by atoms with Gasteiger partial charge in [-0.1, -0.05) is 29.4 Å². The summed E-state index contributed by atoms with van der Waals surface area (Å²) in [5.41, 5.74) is 2.73. The highest BCUT2D eigenvalue weighted by molar-refractivity contribution is 7.99. The van der Waals surface area contributed by atoms with Crippen LogP contribution in [-0.2, 0) is 11.3 Å². The number of amides is 1. The second-order valence-electron chi connectivity index (χ2n) is 6.13. The summed E-state index contributed by atoms with van der Waals surface area (Å²) < 4.78 is 2.11. The third-order valence-corrected chi connectivity index (χ3v) is 5.30. The van der Waals surface area contributed by atoms with Crippen LogP contribution in [0.4, 0.5) is 5.69 Å². The summed E-state index contributed by atoms with van der Waals surface area (Å²) in [5, 5.41) is 12.8. The number of carbonyl (C=O) groups is 1. The van der Waals surface area contributed by atoms with Crippen molar-refractivity contribution < 1.29 is 4.79 Å². The van der Waals surface area contributed by atoms with E-state index in [0.717, 1.165) is 28.7 Å². The molecule has 128 valence electrons. The fourth-order valence-electron chi connectivity index (χ4n) is 2.73. The van der Waals surface area contributed by atoms with E-state index in [1.54, 1.807) is 0 Å². The molecule has 1 saturated carbocycles. The maximum Gasteiger partial charge on any atom is 0.234 e. The first kappa shape index (κ1) is 17.3. The Morgan fingerprint density at radius 1 is 1.38 bits per heavy atom. The zero-order chi connectivity index (χ0) is 17.3. The van der Waals surface area contributed by atoms with Gasteiger partial charge in [-0.2, -0.15) is 0 Å². The van der Waals surface area contributed by atoms with Crippen LogP contribution in [0.5, 0.6) is 0 Å². The highest BCUT2D eigenvalue weighted by Crippen LogP contribution is 2.40. The molecule has 2 aromatic rings. The molecule has 1 aliphatic rings. The van der Waals surface area contributed by atoms with Gasteiger partial charge in [-0.3, -0.25) is 4.79 Å². The second kappa shape index (κ2) is 7.15. The molecule has 3 rings (SSSR count). The van der Waals surface area contributed by atoms with Crippen LogP contribution in [0.25, 0.3) is 0 Å². The minimum absolute atomic E-state index is 0.0903. The summed E-state index contributed by atoms with van der Waals surface area (Å²) in [5.74, 6) is 1.80. The molecule has 1 aliphatic carbocycles. The Morgan fingerprint density at radius 2 is 2.12 bits per heavy atom. The highest BCUT2D eigenvalue weighted by Gasteiger charge is 2.30. The number of anilines is 1. The first-order valence-electron chi connectivity index (χ1n) is 8.12. The summed E-state index contributed by atoms with van der Waals surface area (Å²) in [6, 6.07) is 3.86. The molecule has 24 heavy (non-hydrogen) atoms. The Kier molecular flexibility index (Phi) is 5.15. The predicted octanol–water partition coefficient (Wildman–Crippen LogP) is 4.18. The predicted molar refractivity (Wildman–Crippen MR) is 98.0 cm³/mol. The van der Waals surface area contributed by atoms with Gasteiger partial charge in [-0.05, 0) is 50.8 Å². The number of nitrogens with zero attached hydrogens (tertiary/aromatic N) is 3. The number of hydrogen-bond donors (Lipinski definition) is 1. The van der Waals surface area contributed by atoms with Crippen LogP contribution >= 0.6 is 23.4 Å². The van der Waals surface area contributed by atoms with Crippen LogP contribution in [0.2, 0.25) is 5.02 Å². The summed E-state index contributed by atoms with van der Waals surface area (Å²) in [7, 11) is 0. The molecule has 0 unspecified atom stereocenters. The van der Waals surface area contributed by atoms with Crippen molar-refractivity contribution in [3.05, 3.63) is 34.1 Å². The van der Waals surface area contributed by atoms with Crippen molar-refractivity contribution in [2.75, 3.05) is 11.1 Å². The molecular formula is C17H21ClN4OS. The molecule has 0 saturated heterocycles. The van der Waals surface area contributed by atoms with Gasteiger partial charge in [0.25, 0.3) is 0 Å². The Balaban J connectivity index is 1.64. The van der Waals surface area contributed by atoms with Gasteiger partial charge in [0.2, 0.25) is 5.91 Å². The van der Waals surface area contributed by atoms with Crippen molar-refractivity contribution in [1.82, 2.24) is 14.8 Å². The minimum Gasteiger partial charge on any atom is -0.324 e. The number of nitrogens with one attached hydrogen (secondary N) is 1. The number of benzene rings is 1. The van der Waals surface area contributed by atoms with Gasteiger partial charge < -0.3 is 9.88 Å². The third-order valence-electron chi connectivity index (χ3n) is 4.03. The number of thioether (sulfide) groups is 1. The molecule has 1 aromatic carbocycles. The van der Waals surface area contributed by atoms with Crippen molar-refractivity contribution in [3.63, 3.8) is 0 Å². The van der Waals surface area contributed by atoms with Gasteiger partial charge in [0.15, 0.2) is 5.16 Å². The van der Waals surface area contributed by atoms with E-state index in [4.69, 9.17) is 11.6 Å². The molecule has 1 N–H and O–H groups in total. The Morgan fingerprint density at radius 3 is 2.75 bits per heavy atom. The standard InChI is InChI=1S/C17H21ClN4OS/c1-4-22-16(12-5-6-12)20-21-17(22)24-9-14(23)19-15-11(3)7-10(2)8-13(15)18/h7-8,12H,4-6,9H2,1-3H3,(H,19,23). The molecule has 1 heterocycles. The van der Waals surface area contributed by atoms with E-state index in [9.17, 15) is 4.79 Å². The molecule has 0 spiro atoms. The molecule has 5 nitrogen and oxygen atoms in total. The van der Waals surface area contributed by atoms with Crippen LogP contribution in [0.3, 0.4) is 0 Å². The maximum absolute atomic E-state index is 12.3. The highest BCUT2D eigenvalue weighted by atomic mass is 35.5. The molecule has 1 aromatic heterocycles. The molecule has 0 aliphatic heterocycles. The monoisotopic (exact) mass is 364 g/mol. The maximum atomic E-state index is 12.3. The van der Waals surface area contributed by atoms with Crippen LogP contribution in [0, 0.1) is 13.8 Å². The lowest BCUT2D eigenvalue weighted by Gasteiger charge is -2.11. The zero-order valence-electron chi connectivity index (χ0n) is 14.1. The van der Waals surface area contributed by atoms with Gasteiger partial charge in [0.05, 0.1) is 16.5 Å². The average Bonchev–Trinajstić information content (AvgIpc) is 3.29. The molecular weight excluding hydrogens is 344 g/mol. The van der Waals surface area contributed by atoms with Crippen LogP contribution in [0.1, 0.15) is 42.6 Å². The molecule has 0 atom stereocenters. The topological polar surface area (TPSA) is 59.8 Å². The van der Waals surface area contributed by atoms with E-state index < -0.39 is 0 Å². The lowest BCUT2D eigenvalue weighted by Crippen LogP contribution is -2.16. The molecule has 7 heteroatoms. The molecule has 1 fully saturated rings. The van der Waals surface area contributed by atoms with E-state index in [-0.39, 0.29) is 11.7 Å². The molecule has 0 radical (unpaired) electrons. The van der Waals surface area contributed by atoms with Crippen LogP contribution in [0.15, 0.2) is 17.3 Å². The summed E-state index contributed by atoms with van der Waals surface area (Å²) in [6.45, 7) is 6.83. The number of carbonyl (C=O) groups excluding carboxylic acids is 1. The lowest BCUT2D eigenvalue weighted by molar-refractivity contribution is -0.113. The van der Waals surface area contributed by atoms with E-state index in [1.807, 2.05) is 26.0 Å². The largest absolute Gasteiger partial charge is 0.324 e. The van der Waals surface area contributed by atoms with Crippen molar-refractivity contribution in [1.29, 1.82) is 0 Å². The summed E-state index contributed by atoms with van der Waals surface area (Å²) >= 11 is 7.65. The Labute approximate surface area is 151 Å². The van der Waals surface area contributed by atoms with Crippen LogP contribution in [-0.4, -0.2) is 26.4 Å². The van der Waals surface area contributed by atoms with Gasteiger partial charge in [0, 0.05) is 12.5 Å². The number of halogens is 1. The van der Waals surface area contributed by atoms with Crippen molar-refractivity contribution in [3.8, 4) is 0 Å². The molecule has 1 amide bonds. The van der Waals surface area contributed by atoms with Crippen LogP contribution < -0.4 is 5.32 Å². The molecule has 0 bridgehead atoms. The number of aryl methyl sites for hydroxylation is 2. The van der Waals surface area contributed by atoms with E-state index in [2.05, 4.69) is 27.0 Å². The smallest absolute Gasteiger partial charge is 0.234 e. The number of aromatic nitrogens is 3. The second-order valence-corrected chi connectivity index (χ2v) is 7.48. The zero-order valence-corrected chi connectivity index (χ0v) is 15.7. The van der Waals surface area contributed by atoms with Gasteiger partial charge in [-0.25, -0.2) is 0 Å². The first-order chi connectivity index (χ1) is 11.5. The lowest BCUT2D eigenvalue weighted by atomic mass is 10.1. The SMILES string of the molecule is CCn1c(SCC(=O)Nc2c(C)cc(C)cc2Cl)nnc1C1CC1. The van der Waals surface area contributed by atoms with Gasteiger partial charge in [0.1, 0.15) is 5.82 Å². The number of rotatable bonds is 6. The van der Waals surface area contributed by atoms with Crippen molar-refractivity contribution in [2.45, 2.75) is 51.2 Å². The fraction of sp³-hybridized carbons (Fsp3) is 0.471. The summed E-state index contributed by atoms with van der Waals surface area (Å²) in [6.07, 6.45) is 2.38. The normalized spacial score (nSPS) is 14.0. The Hall–Kier alpha value is -1.53. The fourth-order valence-corrected chi connectivity index (χ4v) is 3.91. The minimum atomic E-state index is -0.0903. The van der Waals surface area contributed by atoms with E-state index in [0.29, 0.717) is 16.6 Å². The summed E-state index contributed by atoms with van der Waals surface area (Å²) in [4.78, 5) is 12.3. The van der Waals surface area contributed by atoms with Gasteiger partial charge >= 0.3 is 0 Å². The van der Waals surface area contributed by atoms with Gasteiger partial charge in [-0.15, -0.1) is 10.2 Å². The first-order valence-corrected chi connectivity index (χ1v) is 9.48. The van der Waals surface area contributed by atoms with E-state index >= 15 is 0 Å². The van der Waals surface area contributed by atoms with Crippen molar-refractivity contribution in [2.24, 2.45) is 0 Å². The van der Waals surface area contributed by atoms with Crippen molar-refractivity contribution >= 4 is 35.0 Å². The average molecular weight is 365 g/mol. The Bertz CT molecular complexity index is 747. The van der Waals surface area contributed by atoms with E-state index in [1.165, 1.54) is 24.6 Å².